The number of hydrogen-bond donors (Lipinski definition) is 2. The van der Waals surface area contributed by atoms with Gasteiger partial charge < -0.3 is 11.1 Å². The molecule has 1 aliphatic rings. The molecule has 0 aliphatic heterocycles. The van der Waals surface area contributed by atoms with Crippen molar-refractivity contribution >= 4 is 34.9 Å². The van der Waals surface area contributed by atoms with E-state index in [2.05, 4.69) is 10.3 Å². The molecule has 2 rings (SSSR count). The van der Waals surface area contributed by atoms with Crippen molar-refractivity contribution in [2.45, 2.75) is 11.8 Å². The number of carbonyl (C=O) groups excluding carboxylic acids is 1. The number of hydrogen-bond acceptors (Lipinski definition) is 3. The van der Waals surface area contributed by atoms with Crippen LogP contribution < -0.4 is 11.1 Å². The summed E-state index contributed by atoms with van der Waals surface area (Å²) in [6.45, 7) is 0. The fourth-order valence-electron chi connectivity index (χ4n) is 1.55. The Morgan fingerprint density at radius 2 is 2.28 bits per heavy atom. The molecule has 3 N–H and O–H groups in total. The highest BCUT2D eigenvalue weighted by molar-refractivity contribution is 6.30. The maximum atomic E-state index is 12.0. The summed E-state index contributed by atoms with van der Waals surface area (Å²) in [6, 6.07) is 3.26. The SMILES string of the molecule is NC1=C(C(=O)Nc2ccc(Cl)cn2)CC(Cl)C=C1. The van der Waals surface area contributed by atoms with Gasteiger partial charge in [-0.25, -0.2) is 4.98 Å². The summed E-state index contributed by atoms with van der Waals surface area (Å²) in [5.74, 6) is 0.127. The van der Waals surface area contributed by atoms with E-state index in [9.17, 15) is 4.79 Å². The van der Waals surface area contributed by atoms with Crippen molar-refractivity contribution < 1.29 is 4.79 Å². The van der Waals surface area contributed by atoms with Gasteiger partial charge in [0.05, 0.1) is 10.4 Å². The summed E-state index contributed by atoms with van der Waals surface area (Å²) in [7, 11) is 0. The largest absolute Gasteiger partial charge is 0.398 e. The third kappa shape index (κ3) is 3.03. The van der Waals surface area contributed by atoms with E-state index < -0.39 is 0 Å². The average Bonchev–Trinajstić information content (AvgIpc) is 2.35. The average molecular weight is 284 g/mol. The number of amides is 1. The molecule has 0 radical (unpaired) electrons. The highest BCUT2D eigenvalue weighted by Gasteiger charge is 2.19. The first-order valence-corrected chi connectivity index (χ1v) is 6.11. The summed E-state index contributed by atoms with van der Waals surface area (Å²) < 4.78 is 0. The van der Waals surface area contributed by atoms with Gasteiger partial charge in [0.15, 0.2) is 0 Å². The number of halogens is 2. The lowest BCUT2D eigenvalue weighted by molar-refractivity contribution is -0.113. The van der Waals surface area contributed by atoms with Crippen molar-refractivity contribution in [1.29, 1.82) is 0 Å². The molecule has 4 nitrogen and oxygen atoms in total. The van der Waals surface area contributed by atoms with Crippen LogP contribution in [0.3, 0.4) is 0 Å². The maximum Gasteiger partial charge on any atom is 0.254 e. The molecule has 6 heteroatoms. The van der Waals surface area contributed by atoms with Crippen molar-refractivity contribution in [3.05, 3.63) is 46.8 Å². The third-order valence-corrected chi connectivity index (χ3v) is 3.00. The fourth-order valence-corrected chi connectivity index (χ4v) is 1.89. The number of aromatic nitrogens is 1. The molecule has 94 valence electrons. The van der Waals surface area contributed by atoms with Crippen LogP contribution in [0.25, 0.3) is 0 Å². The number of pyridine rings is 1. The van der Waals surface area contributed by atoms with Crippen molar-refractivity contribution in [3.63, 3.8) is 0 Å². The first-order valence-electron chi connectivity index (χ1n) is 5.30. The minimum absolute atomic E-state index is 0.212. The molecule has 18 heavy (non-hydrogen) atoms. The zero-order valence-corrected chi connectivity index (χ0v) is 10.9. The molecule has 0 fully saturated rings. The highest BCUT2D eigenvalue weighted by atomic mass is 35.5. The molecule has 1 atom stereocenters. The Bertz CT molecular complexity index is 523. The summed E-state index contributed by atoms with van der Waals surface area (Å²) in [6.07, 6.45) is 5.27. The van der Waals surface area contributed by atoms with Gasteiger partial charge in [-0.2, -0.15) is 0 Å². The number of nitrogens with two attached hydrogens (primary N) is 1. The van der Waals surface area contributed by atoms with E-state index in [4.69, 9.17) is 28.9 Å². The molecule has 0 saturated heterocycles. The van der Waals surface area contributed by atoms with E-state index in [1.807, 2.05) is 0 Å². The molecule has 1 aliphatic carbocycles. The van der Waals surface area contributed by atoms with E-state index in [0.717, 1.165) is 0 Å². The van der Waals surface area contributed by atoms with E-state index in [1.165, 1.54) is 6.20 Å². The van der Waals surface area contributed by atoms with Crippen LogP contribution in [0.1, 0.15) is 6.42 Å². The van der Waals surface area contributed by atoms with Crippen LogP contribution in [0.15, 0.2) is 41.8 Å². The van der Waals surface area contributed by atoms with Gasteiger partial charge in [-0.3, -0.25) is 4.79 Å². The van der Waals surface area contributed by atoms with E-state index >= 15 is 0 Å². The molecule has 1 heterocycles. The monoisotopic (exact) mass is 283 g/mol. The molecule has 1 amide bonds. The van der Waals surface area contributed by atoms with Gasteiger partial charge >= 0.3 is 0 Å². The Kier molecular flexibility index (Phi) is 3.89. The Morgan fingerprint density at radius 1 is 1.50 bits per heavy atom. The van der Waals surface area contributed by atoms with Gasteiger partial charge in [0, 0.05) is 17.5 Å². The standard InChI is InChI=1S/C12H11Cl2N3O/c13-7-1-3-10(15)9(5-7)12(18)17-11-4-2-8(14)6-16-11/h1-4,6-7H,5,15H2,(H,16,17,18). The minimum atomic E-state index is -0.294. The van der Waals surface area contributed by atoms with E-state index in [0.29, 0.717) is 28.5 Å². The lowest BCUT2D eigenvalue weighted by Crippen LogP contribution is -2.22. The second-order valence-corrected chi connectivity index (χ2v) is 4.83. The van der Waals surface area contributed by atoms with Crippen LogP contribution in [0.4, 0.5) is 5.82 Å². The summed E-state index contributed by atoms with van der Waals surface area (Å²) in [5, 5.41) is 2.95. The summed E-state index contributed by atoms with van der Waals surface area (Å²) >= 11 is 11.7. The number of anilines is 1. The molecule has 0 saturated carbocycles. The number of carbonyl (C=O) groups is 1. The Labute approximate surface area is 114 Å². The smallest absolute Gasteiger partial charge is 0.254 e. The van der Waals surface area contributed by atoms with Gasteiger partial charge in [0.2, 0.25) is 0 Å². The Hall–Kier alpha value is -1.52. The molecular formula is C12H11Cl2N3O. The number of alkyl halides is 1. The van der Waals surface area contributed by atoms with Gasteiger partial charge in [0.1, 0.15) is 5.82 Å². The van der Waals surface area contributed by atoms with Gasteiger partial charge in [-0.15, -0.1) is 11.6 Å². The number of nitrogens with zero attached hydrogens (tertiary/aromatic N) is 1. The molecule has 0 aromatic carbocycles. The topological polar surface area (TPSA) is 68.0 Å². The van der Waals surface area contributed by atoms with E-state index in [1.54, 1.807) is 24.3 Å². The number of nitrogens with one attached hydrogen (secondary N) is 1. The molecule has 0 spiro atoms. The van der Waals surface area contributed by atoms with Crippen LogP contribution in [0.5, 0.6) is 0 Å². The first-order chi connectivity index (χ1) is 8.56. The Morgan fingerprint density at radius 3 is 2.94 bits per heavy atom. The quantitative estimate of drug-likeness (QED) is 0.820. The number of rotatable bonds is 2. The second kappa shape index (κ2) is 5.42. The van der Waals surface area contributed by atoms with Crippen LogP contribution >= 0.6 is 23.2 Å². The Balaban J connectivity index is 2.13. The highest BCUT2D eigenvalue weighted by Crippen LogP contribution is 2.21. The van der Waals surface area contributed by atoms with Gasteiger partial charge in [-0.1, -0.05) is 17.7 Å². The molecular weight excluding hydrogens is 273 g/mol. The van der Waals surface area contributed by atoms with Crippen molar-refractivity contribution in [2.75, 3.05) is 5.32 Å². The van der Waals surface area contributed by atoms with Crippen molar-refractivity contribution in [2.24, 2.45) is 5.73 Å². The van der Waals surface area contributed by atoms with Gasteiger partial charge in [-0.05, 0) is 24.6 Å². The second-order valence-electron chi connectivity index (χ2n) is 3.83. The summed E-state index contributed by atoms with van der Waals surface area (Å²) in [4.78, 5) is 16.0. The molecule has 1 unspecified atom stereocenters. The van der Waals surface area contributed by atoms with Crippen molar-refractivity contribution in [3.8, 4) is 0 Å². The van der Waals surface area contributed by atoms with Crippen molar-refractivity contribution in [1.82, 2.24) is 4.98 Å². The van der Waals surface area contributed by atoms with Crippen LogP contribution in [0.2, 0.25) is 5.02 Å². The number of allylic oxidation sites excluding steroid dienone is 2. The lowest BCUT2D eigenvalue weighted by Gasteiger charge is -2.15. The van der Waals surface area contributed by atoms with Crippen LogP contribution in [-0.2, 0) is 4.79 Å². The zero-order chi connectivity index (χ0) is 13.1. The third-order valence-electron chi connectivity index (χ3n) is 2.48. The van der Waals surface area contributed by atoms with E-state index in [-0.39, 0.29) is 11.3 Å². The molecule has 1 aromatic heterocycles. The predicted molar refractivity (Wildman–Crippen MR) is 72.5 cm³/mol. The lowest BCUT2D eigenvalue weighted by atomic mass is 10.0. The van der Waals surface area contributed by atoms with Crippen LogP contribution in [0, 0.1) is 0 Å². The van der Waals surface area contributed by atoms with Crippen LogP contribution in [-0.4, -0.2) is 16.3 Å². The zero-order valence-electron chi connectivity index (χ0n) is 9.36. The molecule has 1 aromatic rings. The predicted octanol–water partition coefficient (Wildman–Crippen LogP) is 2.45. The summed E-state index contributed by atoms with van der Waals surface area (Å²) in [5.41, 5.74) is 6.65. The fraction of sp³-hybridized carbons (Fsp3) is 0.167. The minimum Gasteiger partial charge on any atom is -0.398 e. The van der Waals surface area contributed by atoms with Gasteiger partial charge in [0.25, 0.3) is 5.91 Å². The normalized spacial score (nSPS) is 18.9. The first kappa shape index (κ1) is 12.9. The maximum absolute atomic E-state index is 12.0. The molecule has 0 bridgehead atoms.